The Hall–Kier alpha value is -1.83. The molecule has 0 aromatic heterocycles. The third kappa shape index (κ3) is 9.28. The van der Waals surface area contributed by atoms with Crippen molar-refractivity contribution in [2.45, 2.75) is 39.3 Å². The molecule has 0 heterocycles. The molecule has 0 aliphatic rings. The Morgan fingerprint density at radius 3 is 2.56 bits per heavy atom. The summed E-state index contributed by atoms with van der Waals surface area (Å²) < 4.78 is 19.3. The van der Waals surface area contributed by atoms with Crippen molar-refractivity contribution in [2.75, 3.05) is 20.1 Å². The van der Waals surface area contributed by atoms with Gasteiger partial charge < -0.3 is 20.7 Å². The van der Waals surface area contributed by atoms with Crippen LogP contribution in [0.25, 0.3) is 0 Å². The average molecular weight is 417 g/mol. The van der Waals surface area contributed by atoms with Crippen LogP contribution in [-0.2, 0) is 11.3 Å². The number of benzene rings is 1. The maximum absolute atomic E-state index is 13.3. The number of amides is 1. The molecule has 0 aliphatic heterocycles. The fraction of sp³-hybridized carbons (Fsp3) is 0.529. The van der Waals surface area contributed by atoms with E-state index in [2.05, 4.69) is 36.9 Å². The summed E-state index contributed by atoms with van der Waals surface area (Å²) in [5.41, 5.74) is 0.300. The molecule has 0 saturated heterocycles. The molecule has 6 nitrogen and oxygen atoms in total. The first-order chi connectivity index (χ1) is 11.7. The van der Waals surface area contributed by atoms with Crippen molar-refractivity contribution >= 4 is 28.0 Å². The second-order valence-corrected chi connectivity index (χ2v) is 7.22. The number of guanidine groups is 1. The Morgan fingerprint density at radius 2 is 1.92 bits per heavy atom. The lowest BCUT2D eigenvalue weighted by Gasteiger charge is -2.19. The van der Waals surface area contributed by atoms with E-state index in [-0.39, 0.29) is 5.82 Å². The van der Waals surface area contributed by atoms with E-state index in [9.17, 15) is 9.18 Å². The number of ether oxygens (including phenoxy) is 1. The molecule has 3 N–H and O–H groups in total. The van der Waals surface area contributed by atoms with E-state index in [4.69, 9.17) is 4.74 Å². The van der Waals surface area contributed by atoms with Gasteiger partial charge in [-0.1, -0.05) is 15.9 Å². The molecule has 8 heteroatoms. The molecule has 0 atom stereocenters. The molecule has 140 valence electrons. The first kappa shape index (κ1) is 21.2. The van der Waals surface area contributed by atoms with Crippen molar-refractivity contribution in [2.24, 2.45) is 4.99 Å². The lowest BCUT2D eigenvalue weighted by molar-refractivity contribution is 0.0527. The third-order valence-corrected chi connectivity index (χ3v) is 3.77. The Morgan fingerprint density at radius 1 is 1.24 bits per heavy atom. The van der Waals surface area contributed by atoms with Crippen molar-refractivity contribution in [1.29, 1.82) is 0 Å². The molecule has 0 aliphatic carbocycles. The van der Waals surface area contributed by atoms with Gasteiger partial charge in [-0.25, -0.2) is 9.18 Å². The number of carbonyl (C=O) groups is 1. The minimum absolute atomic E-state index is 0.281. The molecule has 0 spiro atoms. The number of alkyl carbamates (subject to hydrolysis) is 1. The molecule has 0 bridgehead atoms. The number of hydrogen-bond donors (Lipinski definition) is 3. The van der Waals surface area contributed by atoms with Gasteiger partial charge in [-0.2, -0.15) is 0 Å². The zero-order chi connectivity index (χ0) is 18.9. The summed E-state index contributed by atoms with van der Waals surface area (Å²) in [6.07, 6.45) is 0.287. The van der Waals surface area contributed by atoms with Crippen LogP contribution in [0.1, 0.15) is 32.8 Å². The lowest BCUT2D eigenvalue weighted by Crippen LogP contribution is -2.39. The standard InChI is InChI=1S/C17H26BrFN4O2/c1-17(2,3)25-16(24)22-9-5-8-21-15(20-4)23-11-12-10-13(19)6-7-14(12)18/h6-7,10H,5,8-9,11H2,1-4H3,(H,22,24)(H2,20,21,23). The van der Waals surface area contributed by atoms with Gasteiger partial charge in [0.1, 0.15) is 11.4 Å². The maximum Gasteiger partial charge on any atom is 0.407 e. The van der Waals surface area contributed by atoms with E-state index in [1.54, 1.807) is 13.1 Å². The van der Waals surface area contributed by atoms with Gasteiger partial charge in [0.15, 0.2) is 5.96 Å². The highest BCUT2D eigenvalue weighted by atomic mass is 79.9. The van der Waals surface area contributed by atoms with Crippen LogP contribution in [-0.4, -0.2) is 37.8 Å². The predicted octanol–water partition coefficient (Wildman–Crippen LogP) is 3.17. The van der Waals surface area contributed by atoms with Crippen molar-refractivity contribution in [3.05, 3.63) is 34.1 Å². The number of rotatable bonds is 6. The fourth-order valence-corrected chi connectivity index (χ4v) is 2.26. The fourth-order valence-electron chi connectivity index (χ4n) is 1.88. The van der Waals surface area contributed by atoms with Crippen molar-refractivity contribution in [1.82, 2.24) is 16.0 Å². The lowest BCUT2D eigenvalue weighted by atomic mass is 10.2. The molecule has 0 fully saturated rings. The van der Waals surface area contributed by atoms with Crippen LogP contribution < -0.4 is 16.0 Å². The number of nitrogens with one attached hydrogen (secondary N) is 3. The summed E-state index contributed by atoms with van der Waals surface area (Å²) in [6.45, 7) is 7.02. The van der Waals surface area contributed by atoms with Gasteiger partial charge in [0.2, 0.25) is 0 Å². The quantitative estimate of drug-likeness (QED) is 0.378. The van der Waals surface area contributed by atoms with Crippen molar-refractivity contribution in [3.8, 4) is 0 Å². The molecule has 0 saturated carbocycles. The normalized spacial score (nSPS) is 11.8. The molecule has 1 aromatic carbocycles. The molecular formula is C17H26BrFN4O2. The number of carbonyl (C=O) groups excluding carboxylic acids is 1. The van der Waals surface area contributed by atoms with Gasteiger partial charge in [0.05, 0.1) is 0 Å². The highest BCUT2D eigenvalue weighted by Gasteiger charge is 2.15. The number of halogens is 2. The van der Waals surface area contributed by atoms with Gasteiger partial charge in [-0.05, 0) is 51.0 Å². The van der Waals surface area contributed by atoms with Gasteiger partial charge >= 0.3 is 6.09 Å². The van der Waals surface area contributed by atoms with Crippen LogP contribution in [0.4, 0.5) is 9.18 Å². The highest BCUT2D eigenvalue weighted by Crippen LogP contribution is 2.17. The van der Waals surface area contributed by atoms with Crippen molar-refractivity contribution in [3.63, 3.8) is 0 Å². The van der Waals surface area contributed by atoms with Gasteiger partial charge in [-0.15, -0.1) is 0 Å². The Kier molecular flexibility index (Phi) is 8.68. The Balaban J connectivity index is 2.27. The van der Waals surface area contributed by atoms with Crippen LogP contribution in [0.3, 0.4) is 0 Å². The van der Waals surface area contributed by atoms with Gasteiger partial charge in [0.25, 0.3) is 0 Å². The van der Waals surface area contributed by atoms with Gasteiger partial charge in [-0.3, -0.25) is 4.99 Å². The molecule has 25 heavy (non-hydrogen) atoms. The molecule has 0 unspecified atom stereocenters. The van der Waals surface area contributed by atoms with Crippen LogP contribution in [0, 0.1) is 5.82 Å². The minimum atomic E-state index is -0.501. The largest absolute Gasteiger partial charge is 0.444 e. The van der Waals surface area contributed by atoms with Crippen LogP contribution in [0.5, 0.6) is 0 Å². The molecule has 1 aromatic rings. The molecule has 0 radical (unpaired) electrons. The first-order valence-electron chi connectivity index (χ1n) is 8.06. The summed E-state index contributed by atoms with van der Waals surface area (Å²) in [7, 11) is 1.66. The summed E-state index contributed by atoms with van der Waals surface area (Å²) >= 11 is 3.39. The Bertz CT molecular complexity index is 603. The maximum atomic E-state index is 13.3. The topological polar surface area (TPSA) is 74.8 Å². The summed E-state index contributed by atoms with van der Waals surface area (Å²) in [4.78, 5) is 15.6. The van der Waals surface area contributed by atoms with E-state index in [0.29, 0.717) is 32.0 Å². The second kappa shape index (κ2) is 10.2. The van der Waals surface area contributed by atoms with Crippen molar-refractivity contribution < 1.29 is 13.9 Å². The van der Waals surface area contributed by atoms with E-state index < -0.39 is 11.7 Å². The minimum Gasteiger partial charge on any atom is -0.444 e. The summed E-state index contributed by atoms with van der Waals surface area (Å²) in [5, 5.41) is 8.94. The van der Waals surface area contributed by atoms with E-state index in [0.717, 1.165) is 10.0 Å². The summed E-state index contributed by atoms with van der Waals surface area (Å²) in [5.74, 6) is 0.324. The zero-order valence-electron chi connectivity index (χ0n) is 15.1. The predicted molar refractivity (Wildman–Crippen MR) is 101 cm³/mol. The van der Waals surface area contributed by atoms with Crippen LogP contribution in [0.2, 0.25) is 0 Å². The zero-order valence-corrected chi connectivity index (χ0v) is 16.7. The monoisotopic (exact) mass is 416 g/mol. The van der Waals surface area contributed by atoms with Gasteiger partial charge in [0, 0.05) is 31.2 Å². The number of hydrogen-bond acceptors (Lipinski definition) is 3. The van der Waals surface area contributed by atoms with E-state index in [1.807, 2.05) is 20.8 Å². The molecular weight excluding hydrogens is 391 g/mol. The van der Waals surface area contributed by atoms with Crippen LogP contribution >= 0.6 is 15.9 Å². The second-order valence-electron chi connectivity index (χ2n) is 6.37. The van der Waals surface area contributed by atoms with Crippen LogP contribution in [0.15, 0.2) is 27.7 Å². The average Bonchev–Trinajstić information content (AvgIpc) is 2.51. The van der Waals surface area contributed by atoms with E-state index in [1.165, 1.54) is 12.1 Å². The number of nitrogens with zero attached hydrogens (tertiary/aromatic N) is 1. The molecule has 1 amide bonds. The highest BCUT2D eigenvalue weighted by molar-refractivity contribution is 9.10. The number of aliphatic imine (C=N–C) groups is 1. The van der Waals surface area contributed by atoms with E-state index >= 15 is 0 Å². The Labute approximate surface area is 156 Å². The summed E-state index contributed by atoms with van der Waals surface area (Å²) in [6, 6.07) is 4.54. The smallest absolute Gasteiger partial charge is 0.407 e. The third-order valence-electron chi connectivity index (χ3n) is 2.99. The molecule has 1 rings (SSSR count). The SMILES string of the molecule is CN=C(NCCCNC(=O)OC(C)(C)C)NCc1cc(F)ccc1Br. The first-order valence-corrected chi connectivity index (χ1v) is 8.86.